The van der Waals surface area contributed by atoms with Crippen molar-refractivity contribution in [3.8, 4) is 0 Å². The maximum atomic E-state index is 12.0. The molecule has 2 heterocycles. The summed E-state index contributed by atoms with van der Waals surface area (Å²) in [5.74, 6) is 1.19. The molecule has 1 saturated heterocycles. The van der Waals surface area contributed by atoms with Gasteiger partial charge in [0.25, 0.3) is 0 Å². The summed E-state index contributed by atoms with van der Waals surface area (Å²) in [6, 6.07) is 4.47. The van der Waals surface area contributed by atoms with Gasteiger partial charge in [-0.25, -0.2) is 4.98 Å². The van der Waals surface area contributed by atoms with Gasteiger partial charge < -0.3 is 10.2 Å². The highest BCUT2D eigenvalue weighted by Crippen LogP contribution is 2.17. The van der Waals surface area contributed by atoms with Gasteiger partial charge in [0.1, 0.15) is 5.82 Å². The Balaban J connectivity index is 1.77. The number of hydrogen-bond donors (Lipinski definition) is 1. The van der Waals surface area contributed by atoms with Gasteiger partial charge in [0.15, 0.2) is 0 Å². The van der Waals surface area contributed by atoms with Gasteiger partial charge in [0.05, 0.1) is 6.54 Å². The van der Waals surface area contributed by atoms with E-state index < -0.39 is 0 Å². The molecule has 0 radical (unpaired) electrons. The van der Waals surface area contributed by atoms with E-state index in [9.17, 15) is 4.79 Å². The second-order valence-corrected chi connectivity index (χ2v) is 5.98. The van der Waals surface area contributed by atoms with Crippen molar-refractivity contribution in [2.45, 2.75) is 39.7 Å². The van der Waals surface area contributed by atoms with Crippen molar-refractivity contribution in [2.24, 2.45) is 0 Å². The molecule has 1 amide bonds. The molecule has 1 aromatic heterocycles. The maximum Gasteiger partial charge on any atom is 0.234 e. The standard InChI is InChI=1S/C17H28N4O/c1-4-20(5-2)13-17(22)19-15-8-10-21(11-9-15)16-7-6-14(3)12-18-16/h6-7,12,15H,4-5,8-11,13H2,1-3H3,(H,19,22). The molecule has 0 aliphatic carbocycles. The Kier molecular flexibility index (Phi) is 6.19. The summed E-state index contributed by atoms with van der Waals surface area (Å²) in [7, 11) is 0. The highest BCUT2D eigenvalue weighted by Gasteiger charge is 2.21. The minimum atomic E-state index is 0.149. The van der Waals surface area contributed by atoms with Crippen LogP contribution in [0.25, 0.3) is 0 Å². The Bertz CT molecular complexity index is 462. The third-order valence-corrected chi connectivity index (χ3v) is 4.34. The highest BCUT2D eigenvalue weighted by molar-refractivity contribution is 5.78. The number of carbonyl (C=O) groups is 1. The van der Waals surface area contributed by atoms with Crippen molar-refractivity contribution in [3.05, 3.63) is 23.9 Å². The van der Waals surface area contributed by atoms with Crippen LogP contribution in [0.3, 0.4) is 0 Å². The number of likely N-dealkylation sites (N-methyl/N-ethyl adjacent to an activating group) is 1. The highest BCUT2D eigenvalue weighted by atomic mass is 16.2. The average Bonchev–Trinajstić information content (AvgIpc) is 2.54. The minimum absolute atomic E-state index is 0.149. The molecule has 0 spiro atoms. The van der Waals surface area contributed by atoms with E-state index in [0.717, 1.165) is 44.8 Å². The first-order valence-electron chi connectivity index (χ1n) is 8.31. The number of pyridine rings is 1. The molecule has 0 aromatic carbocycles. The van der Waals surface area contributed by atoms with Crippen LogP contribution in [-0.2, 0) is 4.79 Å². The van der Waals surface area contributed by atoms with Crippen molar-refractivity contribution in [2.75, 3.05) is 37.6 Å². The van der Waals surface area contributed by atoms with E-state index in [2.05, 4.69) is 53.0 Å². The van der Waals surface area contributed by atoms with E-state index >= 15 is 0 Å². The summed E-state index contributed by atoms with van der Waals surface area (Å²) < 4.78 is 0. The predicted octanol–water partition coefficient (Wildman–Crippen LogP) is 1.82. The first-order chi connectivity index (χ1) is 10.6. The van der Waals surface area contributed by atoms with Crippen LogP contribution in [0.2, 0.25) is 0 Å². The molecule has 1 aliphatic rings. The van der Waals surface area contributed by atoms with Gasteiger partial charge in [-0.05, 0) is 44.5 Å². The maximum absolute atomic E-state index is 12.0. The van der Waals surface area contributed by atoms with Gasteiger partial charge in [0.2, 0.25) is 5.91 Å². The van der Waals surface area contributed by atoms with Crippen molar-refractivity contribution in [1.29, 1.82) is 0 Å². The van der Waals surface area contributed by atoms with Crippen LogP contribution in [0, 0.1) is 6.92 Å². The van der Waals surface area contributed by atoms with Crippen LogP contribution in [0.15, 0.2) is 18.3 Å². The first kappa shape index (κ1) is 16.7. The molecule has 122 valence electrons. The topological polar surface area (TPSA) is 48.5 Å². The molecular formula is C17H28N4O. The number of nitrogens with one attached hydrogen (secondary N) is 1. The molecule has 1 aliphatic heterocycles. The Labute approximate surface area is 133 Å². The molecule has 1 fully saturated rings. The predicted molar refractivity (Wildman–Crippen MR) is 90.1 cm³/mol. The zero-order valence-electron chi connectivity index (χ0n) is 14.0. The lowest BCUT2D eigenvalue weighted by Gasteiger charge is -2.33. The largest absolute Gasteiger partial charge is 0.356 e. The van der Waals surface area contributed by atoms with Crippen molar-refractivity contribution in [1.82, 2.24) is 15.2 Å². The fourth-order valence-electron chi connectivity index (χ4n) is 2.82. The quantitative estimate of drug-likeness (QED) is 0.871. The second-order valence-electron chi connectivity index (χ2n) is 5.98. The number of amides is 1. The minimum Gasteiger partial charge on any atom is -0.356 e. The van der Waals surface area contributed by atoms with E-state index in [-0.39, 0.29) is 5.91 Å². The van der Waals surface area contributed by atoms with Gasteiger partial charge in [-0.3, -0.25) is 9.69 Å². The molecule has 0 saturated carbocycles. The van der Waals surface area contributed by atoms with Crippen molar-refractivity contribution >= 4 is 11.7 Å². The molecule has 5 heteroatoms. The van der Waals surface area contributed by atoms with Crippen LogP contribution in [0.4, 0.5) is 5.82 Å². The van der Waals surface area contributed by atoms with E-state index in [0.29, 0.717) is 12.6 Å². The molecule has 22 heavy (non-hydrogen) atoms. The average molecular weight is 304 g/mol. The normalized spacial score (nSPS) is 16.1. The zero-order valence-corrected chi connectivity index (χ0v) is 14.0. The number of hydrogen-bond acceptors (Lipinski definition) is 4. The summed E-state index contributed by atoms with van der Waals surface area (Å²) in [4.78, 5) is 21.0. The lowest BCUT2D eigenvalue weighted by atomic mass is 10.0. The summed E-state index contributed by atoms with van der Waals surface area (Å²) in [5, 5.41) is 3.17. The fourth-order valence-corrected chi connectivity index (χ4v) is 2.82. The molecule has 1 aromatic rings. The molecule has 2 rings (SSSR count). The fraction of sp³-hybridized carbons (Fsp3) is 0.647. The number of anilines is 1. The second kappa shape index (κ2) is 8.13. The molecular weight excluding hydrogens is 276 g/mol. The van der Waals surface area contributed by atoms with Gasteiger partial charge in [0, 0.05) is 25.3 Å². The van der Waals surface area contributed by atoms with Crippen molar-refractivity contribution in [3.63, 3.8) is 0 Å². The SMILES string of the molecule is CCN(CC)CC(=O)NC1CCN(c2ccc(C)cn2)CC1. The smallest absolute Gasteiger partial charge is 0.234 e. The third-order valence-electron chi connectivity index (χ3n) is 4.34. The zero-order chi connectivity index (χ0) is 15.9. The Morgan fingerprint density at radius 2 is 2.00 bits per heavy atom. The van der Waals surface area contributed by atoms with Gasteiger partial charge in [-0.15, -0.1) is 0 Å². The molecule has 0 unspecified atom stereocenters. The molecule has 0 bridgehead atoms. The van der Waals surface area contributed by atoms with Crippen LogP contribution >= 0.6 is 0 Å². The van der Waals surface area contributed by atoms with E-state index in [1.165, 1.54) is 5.56 Å². The number of nitrogens with zero attached hydrogens (tertiary/aromatic N) is 3. The number of piperidine rings is 1. The molecule has 5 nitrogen and oxygen atoms in total. The Hall–Kier alpha value is -1.62. The van der Waals surface area contributed by atoms with E-state index in [1.54, 1.807) is 0 Å². The van der Waals surface area contributed by atoms with Gasteiger partial charge in [-0.2, -0.15) is 0 Å². The molecule has 1 N–H and O–H groups in total. The summed E-state index contributed by atoms with van der Waals surface area (Å²) >= 11 is 0. The Morgan fingerprint density at radius 3 is 2.55 bits per heavy atom. The van der Waals surface area contributed by atoms with Crippen LogP contribution < -0.4 is 10.2 Å². The van der Waals surface area contributed by atoms with Crippen LogP contribution in [0.1, 0.15) is 32.3 Å². The number of carbonyl (C=O) groups excluding carboxylic acids is 1. The van der Waals surface area contributed by atoms with E-state index in [4.69, 9.17) is 0 Å². The number of rotatable bonds is 6. The van der Waals surface area contributed by atoms with Crippen molar-refractivity contribution < 1.29 is 4.79 Å². The van der Waals surface area contributed by atoms with Gasteiger partial charge in [-0.1, -0.05) is 19.9 Å². The summed E-state index contributed by atoms with van der Waals surface area (Å²) in [5.41, 5.74) is 1.18. The number of aryl methyl sites for hydroxylation is 1. The van der Waals surface area contributed by atoms with Gasteiger partial charge >= 0.3 is 0 Å². The van der Waals surface area contributed by atoms with Crippen LogP contribution in [-0.4, -0.2) is 54.6 Å². The summed E-state index contributed by atoms with van der Waals surface area (Å²) in [6.07, 6.45) is 3.88. The monoisotopic (exact) mass is 304 g/mol. The summed E-state index contributed by atoms with van der Waals surface area (Å²) in [6.45, 7) is 10.5. The lowest BCUT2D eigenvalue weighted by Crippen LogP contribution is -2.47. The lowest BCUT2D eigenvalue weighted by molar-refractivity contribution is -0.123. The Morgan fingerprint density at radius 1 is 1.32 bits per heavy atom. The molecule has 0 atom stereocenters. The van der Waals surface area contributed by atoms with Crippen LogP contribution in [0.5, 0.6) is 0 Å². The third kappa shape index (κ3) is 4.70. The number of aromatic nitrogens is 1. The first-order valence-corrected chi connectivity index (χ1v) is 8.31. The van der Waals surface area contributed by atoms with E-state index in [1.807, 2.05) is 6.20 Å².